The molecule has 0 bridgehead atoms. The second-order valence-corrected chi connectivity index (χ2v) is 4.81. The van der Waals surface area contributed by atoms with Crippen LogP contribution in [-0.2, 0) is 0 Å². The highest BCUT2D eigenvalue weighted by Gasteiger charge is 2.02. The van der Waals surface area contributed by atoms with Gasteiger partial charge in [-0.05, 0) is 5.30 Å². The third-order valence-corrected chi connectivity index (χ3v) is 1.96. The normalized spacial score (nSPS) is 10.4. The number of benzene rings is 1. The molecule has 0 saturated carbocycles. The predicted molar refractivity (Wildman–Crippen MR) is 65.8 cm³/mol. The van der Waals surface area contributed by atoms with Crippen molar-refractivity contribution < 1.29 is 9.59 Å². The fourth-order valence-electron chi connectivity index (χ4n) is 0.753. The third kappa shape index (κ3) is 9.66. The fourth-order valence-corrected chi connectivity index (χ4v) is 0.975. The van der Waals surface area contributed by atoms with E-state index in [1.165, 1.54) is 5.30 Å². The minimum atomic E-state index is 0.281. The van der Waals surface area contributed by atoms with Gasteiger partial charge in [0.1, 0.15) is 6.54 Å². The topological polar surface area (TPSA) is 20.2 Å². The molecular weight excluding hydrogens is 193 g/mol. The molecule has 0 aromatic heterocycles. The summed E-state index contributed by atoms with van der Waals surface area (Å²) in [6, 6.07) is 10.1. The van der Waals surface area contributed by atoms with Crippen LogP contribution in [0.25, 0.3) is 0 Å². The third-order valence-electron chi connectivity index (χ3n) is 1.57. The summed E-state index contributed by atoms with van der Waals surface area (Å²) < 4.78 is 0.844. The maximum absolute atomic E-state index is 8.39. The minimum Gasteiger partial charge on any atom is -0.391 e. The average molecular weight is 214 g/mol. The van der Waals surface area contributed by atoms with Crippen LogP contribution in [0.2, 0.25) is 0 Å². The van der Waals surface area contributed by atoms with Crippen LogP contribution in [0.5, 0.6) is 0 Å². The first-order valence-corrected chi connectivity index (χ1v) is 5.25. The van der Waals surface area contributed by atoms with Crippen molar-refractivity contribution in [1.29, 1.82) is 0 Å². The predicted octanol–water partition coefficient (Wildman–Crippen LogP) is 0.872. The van der Waals surface area contributed by atoms with E-state index >= 15 is 0 Å². The van der Waals surface area contributed by atoms with Crippen molar-refractivity contribution in [3.8, 4) is 0 Å². The summed E-state index contributed by atoms with van der Waals surface area (Å²) in [6.07, 6.45) is 0. The zero-order valence-electron chi connectivity index (χ0n) is 9.27. The van der Waals surface area contributed by atoms with Crippen LogP contribution in [-0.4, -0.2) is 43.9 Å². The first-order valence-electron chi connectivity index (χ1n) is 4.67. The van der Waals surface area contributed by atoms with Crippen molar-refractivity contribution in [1.82, 2.24) is 0 Å². The number of rotatable bonds is 2. The molecule has 2 nitrogen and oxygen atoms in total. The summed E-state index contributed by atoms with van der Waals surface area (Å²) in [6.45, 7) is 1.11. The van der Waals surface area contributed by atoms with E-state index in [1.54, 1.807) is 0 Å². The number of aliphatic hydroxyl groups is 1. The van der Waals surface area contributed by atoms with Crippen LogP contribution in [0.4, 0.5) is 0 Å². The van der Waals surface area contributed by atoms with Gasteiger partial charge < -0.3 is 9.59 Å². The van der Waals surface area contributed by atoms with Crippen molar-refractivity contribution in [3.05, 3.63) is 30.3 Å². The van der Waals surface area contributed by atoms with Crippen molar-refractivity contribution in [2.24, 2.45) is 0 Å². The number of hydrogen-bond donors (Lipinski definition) is 1. The van der Waals surface area contributed by atoms with Crippen LogP contribution in [0, 0.1) is 0 Å². The van der Waals surface area contributed by atoms with Gasteiger partial charge in [0.05, 0.1) is 27.7 Å². The zero-order valence-corrected chi connectivity index (χ0v) is 10.4. The Morgan fingerprint density at radius 1 is 1.14 bits per heavy atom. The summed E-state index contributed by atoms with van der Waals surface area (Å²) in [4.78, 5) is 0. The summed E-state index contributed by atoms with van der Waals surface area (Å²) in [5, 5.41) is 9.62. The van der Waals surface area contributed by atoms with E-state index in [-0.39, 0.29) is 6.61 Å². The molecule has 14 heavy (non-hydrogen) atoms. The molecule has 1 aromatic rings. The van der Waals surface area contributed by atoms with E-state index in [0.717, 1.165) is 11.0 Å². The average Bonchev–Trinajstić information content (AvgIpc) is 2.04. The molecule has 1 rings (SSSR count). The number of aliphatic hydroxyl groups excluding tert-OH is 1. The van der Waals surface area contributed by atoms with Gasteiger partial charge in [-0.3, -0.25) is 0 Å². The van der Waals surface area contributed by atoms with Gasteiger partial charge in [0, 0.05) is 0 Å². The Morgan fingerprint density at radius 3 is 1.79 bits per heavy atom. The lowest BCUT2D eigenvalue weighted by atomic mass is 10.4. The SMILES string of the molecule is C[N+](C)(C)CCO.Pc1ccccc1. The highest BCUT2D eigenvalue weighted by atomic mass is 31.0. The zero-order chi connectivity index (χ0) is 11.0. The van der Waals surface area contributed by atoms with Gasteiger partial charge in [-0.25, -0.2) is 0 Å². The van der Waals surface area contributed by atoms with Crippen LogP contribution in [0.1, 0.15) is 0 Å². The molecule has 0 aliphatic rings. The lowest BCUT2D eigenvalue weighted by Crippen LogP contribution is -2.36. The van der Waals surface area contributed by atoms with Gasteiger partial charge in [0.15, 0.2) is 0 Å². The Labute approximate surface area is 89.4 Å². The highest BCUT2D eigenvalue weighted by Crippen LogP contribution is 1.86. The largest absolute Gasteiger partial charge is 0.391 e. The number of hydrogen-bond acceptors (Lipinski definition) is 1. The van der Waals surface area contributed by atoms with Crippen molar-refractivity contribution >= 4 is 14.5 Å². The van der Waals surface area contributed by atoms with E-state index in [2.05, 4.69) is 30.4 Å². The molecule has 1 N–H and O–H groups in total. The number of likely N-dealkylation sites (N-methyl/N-ethyl adjacent to an activating group) is 1. The quantitative estimate of drug-likeness (QED) is 0.572. The molecular formula is C11H21NOP+. The highest BCUT2D eigenvalue weighted by molar-refractivity contribution is 7.27. The van der Waals surface area contributed by atoms with E-state index in [1.807, 2.05) is 30.3 Å². The lowest BCUT2D eigenvalue weighted by Gasteiger charge is -2.21. The summed E-state index contributed by atoms with van der Waals surface area (Å²) in [7, 11) is 8.78. The molecule has 1 unspecified atom stereocenters. The number of nitrogens with zero attached hydrogens (tertiary/aromatic N) is 1. The smallest absolute Gasteiger partial charge is 0.101 e. The Kier molecular flexibility index (Phi) is 6.73. The molecule has 0 fully saturated rings. The van der Waals surface area contributed by atoms with Crippen LogP contribution < -0.4 is 5.30 Å². The summed E-state index contributed by atoms with van der Waals surface area (Å²) >= 11 is 0. The Morgan fingerprint density at radius 2 is 1.64 bits per heavy atom. The summed E-state index contributed by atoms with van der Waals surface area (Å²) in [5.74, 6) is 0. The summed E-state index contributed by atoms with van der Waals surface area (Å²) in [5.41, 5.74) is 0. The molecule has 0 heterocycles. The van der Waals surface area contributed by atoms with Crippen molar-refractivity contribution in [2.75, 3.05) is 34.3 Å². The van der Waals surface area contributed by atoms with E-state index in [0.29, 0.717) is 0 Å². The van der Waals surface area contributed by atoms with E-state index < -0.39 is 0 Å². The number of quaternary nitrogens is 1. The standard InChI is InChI=1S/C6H7P.C5H14NO/c7-6-4-2-1-3-5-6;1-6(2,3)4-5-7/h1-5H,7H2;7H,4-5H2,1-3H3/q;+1. The molecule has 1 aromatic carbocycles. The molecule has 0 spiro atoms. The molecule has 0 aliphatic carbocycles. The second-order valence-electron chi connectivity index (χ2n) is 4.15. The van der Waals surface area contributed by atoms with E-state index in [4.69, 9.17) is 5.11 Å². The Bertz CT molecular complexity index is 231. The molecule has 1 atom stereocenters. The molecule has 0 amide bonds. The lowest BCUT2D eigenvalue weighted by molar-refractivity contribution is -0.870. The maximum Gasteiger partial charge on any atom is 0.101 e. The van der Waals surface area contributed by atoms with Crippen molar-refractivity contribution in [3.63, 3.8) is 0 Å². The first kappa shape index (κ1) is 13.6. The van der Waals surface area contributed by atoms with Gasteiger partial charge >= 0.3 is 0 Å². The van der Waals surface area contributed by atoms with Crippen molar-refractivity contribution in [2.45, 2.75) is 0 Å². The van der Waals surface area contributed by atoms with Gasteiger partial charge in [-0.2, -0.15) is 0 Å². The molecule has 80 valence electrons. The van der Waals surface area contributed by atoms with Crippen LogP contribution >= 0.6 is 9.24 Å². The Hall–Kier alpha value is -0.430. The molecule has 0 radical (unpaired) electrons. The second kappa shape index (κ2) is 6.94. The minimum absolute atomic E-state index is 0.281. The first-order chi connectivity index (χ1) is 6.45. The monoisotopic (exact) mass is 214 g/mol. The van der Waals surface area contributed by atoms with E-state index in [9.17, 15) is 0 Å². The van der Waals surface area contributed by atoms with Gasteiger partial charge in [-0.1, -0.05) is 30.3 Å². The van der Waals surface area contributed by atoms with Gasteiger partial charge in [0.25, 0.3) is 0 Å². The fraction of sp³-hybridized carbons (Fsp3) is 0.455. The van der Waals surface area contributed by atoms with Crippen LogP contribution in [0.3, 0.4) is 0 Å². The van der Waals surface area contributed by atoms with Gasteiger partial charge in [0.2, 0.25) is 0 Å². The van der Waals surface area contributed by atoms with Gasteiger partial charge in [-0.15, -0.1) is 9.24 Å². The molecule has 0 aliphatic heterocycles. The Balaban J connectivity index is 0.000000241. The maximum atomic E-state index is 8.39. The van der Waals surface area contributed by atoms with Crippen LogP contribution in [0.15, 0.2) is 30.3 Å². The molecule has 0 saturated heterocycles. The molecule has 3 heteroatoms.